The highest BCUT2D eigenvalue weighted by atomic mass is 16.8. The Balaban J connectivity index is 1.44. The van der Waals surface area contributed by atoms with Gasteiger partial charge in [0.05, 0.1) is 38.6 Å². The van der Waals surface area contributed by atoms with Crippen molar-refractivity contribution in [3.05, 3.63) is 12.2 Å². The molecule has 3 aliphatic heterocycles. The Morgan fingerprint density at radius 2 is 0.721 bits per heavy atom. The molecule has 0 aromatic rings. The van der Waals surface area contributed by atoms with Crippen molar-refractivity contribution in [2.75, 3.05) is 26.4 Å². The number of hydrogen-bond donors (Lipinski definition) is 12. The van der Waals surface area contributed by atoms with Gasteiger partial charge in [-0.2, -0.15) is 0 Å². The van der Waals surface area contributed by atoms with Gasteiger partial charge in [-0.15, -0.1) is 0 Å². The van der Waals surface area contributed by atoms with E-state index in [2.05, 4.69) is 19.2 Å². The fraction of sp³-hybridized carbons (Fsp3) is 0.955. The van der Waals surface area contributed by atoms with E-state index in [0.717, 1.165) is 44.9 Å². The molecule has 0 aromatic heterocycles. The van der Waals surface area contributed by atoms with Crippen molar-refractivity contribution >= 4 is 5.91 Å². The van der Waals surface area contributed by atoms with E-state index in [1.165, 1.54) is 205 Å². The van der Waals surface area contributed by atoms with Crippen molar-refractivity contribution in [3.63, 3.8) is 0 Å². The number of carbonyl (C=O) groups excluding carboxylic acids is 1. The largest absolute Gasteiger partial charge is 0.394 e. The second-order valence-corrected chi connectivity index (χ2v) is 25.4. The van der Waals surface area contributed by atoms with Crippen LogP contribution in [-0.4, -0.2) is 193 Å². The van der Waals surface area contributed by atoms with E-state index in [1.54, 1.807) is 6.08 Å². The number of rotatable bonds is 54. The Morgan fingerprint density at radius 3 is 1.09 bits per heavy atom. The number of allylic oxidation sites excluding steroid dienone is 1. The van der Waals surface area contributed by atoms with Crippen LogP contribution in [0.4, 0.5) is 0 Å². The molecule has 12 N–H and O–H groups in total. The van der Waals surface area contributed by atoms with Crippen LogP contribution in [0.2, 0.25) is 0 Å². The molecule has 508 valence electrons. The molecule has 3 fully saturated rings. The van der Waals surface area contributed by atoms with Crippen LogP contribution >= 0.6 is 0 Å². The molecule has 0 aromatic carbocycles. The summed E-state index contributed by atoms with van der Waals surface area (Å²) in [7, 11) is 0. The zero-order valence-corrected chi connectivity index (χ0v) is 53.6. The van der Waals surface area contributed by atoms with Gasteiger partial charge in [0.1, 0.15) is 73.2 Å². The van der Waals surface area contributed by atoms with Crippen molar-refractivity contribution in [2.45, 2.75) is 381 Å². The summed E-state index contributed by atoms with van der Waals surface area (Å²) in [5, 5.41) is 121. The Morgan fingerprint density at radius 1 is 0.407 bits per heavy atom. The maximum Gasteiger partial charge on any atom is 0.220 e. The number of unbranched alkanes of at least 4 members (excludes halogenated alkanes) is 38. The maximum atomic E-state index is 13.4. The lowest BCUT2D eigenvalue weighted by Gasteiger charge is -2.48. The zero-order valence-electron chi connectivity index (χ0n) is 53.6. The second kappa shape index (κ2) is 50.1. The number of ether oxygens (including phenoxy) is 6. The molecule has 3 aliphatic rings. The third-order valence-electron chi connectivity index (χ3n) is 17.8. The summed E-state index contributed by atoms with van der Waals surface area (Å²) < 4.78 is 34.4. The fourth-order valence-corrected chi connectivity index (χ4v) is 12.1. The number of hydrogen-bond acceptors (Lipinski definition) is 18. The molecule has 3 saturated heterocycles. The summed E-state index contributed by atoms with van der Waals surface area (Å²) in [5.74, 6) is -0.269. The van der Waals surface area contributed by atoms with Crippen LogP contribution in [0.3, 0.4) is 0 Å². The number of aliphatic hydroxyl groups is 11. The zero-order chi connectivity index (χ0) is 62.6. The molecule has 1 amide bonds. The number of carbonyl (C=O) groups is 1. The number of aliphatic hydroxyl groups excluding tert-OH is 11. The monoisotopic (exact) mass is 1230 g/mol. The molecule has 0 aliphatic carbocycles. The van der Waals surface area contributed by atoms with E-state index >= 15 is 0 Å². The number of nitrogens with one attached hydrogen (secondary N) is 1. The van der Waals surface area contributed by atoms with Gasteiger partial charge in [0.25, 0.3) is 0 Å². The normalized spacial score (nSPS) is 28.8. The summed E-state index contributed by atoms with van der Waals surface area (Å²) in [5.41, 5.74) is 0. The van der Waals surface area contributed by atoms with Crippen LogP contribution in [0.25, 0.3) is 0 Å². The predicted molar refractivity (Wildman–Crippen MR) is 333 cm³/mol. The highest BCUT2D eigenvalue weighted by Crippen LogP contribution is 2.33. The Labute approximate surface area is 518 Å². The van der Waals surface area contributed by atoms with Gasteiger partial charge in [-0.05, 0) is 19.3 Å². The highest BCUT2D eigenvalue weighted by molar-refractivity contribution is 5.76. The van der Waals surface area contributed by atoms with Crippen LogP contribution in [-0.2, 0) is 33.2 Å². The standard InChI is InChI=1S/C67H127NO18/c1-3-5-7-9-11-13-15-17-19-21-23-24-25-26-27-28-30-32-34-36-38-40-42-44-51(72)50(68-55(73)45-43-41-39-37-35-33-31-29-22-20-18-16-14-12-10-8-6-4-2)49-81-65-61(79)58(76)63(53(47-70)83-65)86-67-62(80)59(77)64(54(48-71)84-67)85-66-60(78)57(75)56(74)52(46-69)82-66/h42,44,50-54,56-67,69-72,74-80H,3-41,43,45-49H2,1-2H3,(H,68,73)/b44-42+. The van der Waals surface area contributed by atoms with E-state index in [4.69, 9.17) is 28.4 Å². The van der Waals surface area contributed by atoms with E-state index in [1.807, 2.05) is 6.08 Å². The van der Waals surface area contributed by atoms with Gasteiger partial charge in [0, 0.05) is 6.42 Å². The predicted octanol–water partition coefficient (Wildman–Crippen LogP) is 8.89. The molecule has 3 heterocycles. The molecular weight excluding hydrogens is 1110 g/mol. The van der Waals surface area contributed by atoms with Crippen LogP contribution in [0.5, 0.6) is 0 Å². The van der Waals surface area contributed by atoms with Gasteiger partial charge >= 0.3 is 0 Å². The lowest BCUT2D eigenvalue weighted by Crippen LogP contribution is -2.66. The number of amides is 1. The van der Waals surface area contributed by atoms with Crippen molar-refractivity contribution in [3.8, 4) is 0 Å². The quantitative estimate of drug-likeness (QED) is 0.0200. The summed E-state index contributed by atoms with van der Waals surface area (Å²) in [4.78, 5) is 13.4. The molecular formula is C67H127NO18. The minimum atomic E-state index is -1.98. The first-order valence-electron chi connectivity index (χ1n) is 34.9. The van der Waals surface area contributed by atoms with Gasteiger partial charge in [-0.25, -0.2) is 0 Å². The Kier molecular flexibility index (Phi) is 45.9. The Bertz CT molecular complexity index is 1620. The molecule has 0 spiro atoms. The van der Waals surface area contributed by atoms with Crippen LogP contribution < -0.4 is 5.32 Å². The molecule has 3 rings (SSSR count). The smallest absolute Gasteiger partial charge is 0.220 e. The van der Waals surface area contributed by atoms with Crippen molar-refractivity contribution in [1.82, 2.24) is 5.32 Å². The lowest BCUT2D eigenvalue weighted by molar-refractivity contribution is -0.379. The first-order chi connectivity index (χ1) is 41.8. The first kappa shape index (κ1) is 78.8. The summed E-state index contributed by atoms with van der Waals surface area (Å²) in [6.07, 6.45) is 27.5. The third kappa shape index (κ3) is 32.2. The fourth-order valence-electron chi connectivity index (χ4n) is 12.1. The van der Waals surface area contributed by atoms with E-state index in [-0.39, 0.29) is 18.9 Å². The van der Waals surface area contributed by atoms with Gasteiger partial charge in [-0.3, -0.25) is 4.79 Å². The average Bonchev–Trinajstić information content (AvgIpc) is 1.83. The first-order valence-corrected chi connectivity index (χ1v) is 34.9. The third-order valence-corrected chi connectivity index (χ3v) is 17.8. The van der Waals surface area contributed by atoms with Crippen LogP contribution in [0.1, 0.15) is 277 Å². The molecule has 19 heteroatoms. The summed E-state index contributed by atoms with van der Waals surface area (Å²) in [6, 6.07) is -0.968. The molecule has 19 nitrogen and oxygen atoms in total. The van der Waals surface area contributed by atoms with E-state index in [9.17, 15) is 61.0 Å². The van der Waals surface area contributed by atoms with E-state index in [0.29, 0.717) is 6.42 Å². The van der Waals surface area contributed by atoms with Crippen molar-refractivity contribution < 1.29 is 89.4 Å². The van der Waals surface area contributed by atoms with E-state index < -0.39 is 124 Å². The van der Waals surface area contributed by atoms with Crippen molar-refractivity contribution in [1.29, 1.82) is 0 Å². The van der Waals surface area contributed by atoms with Crippen LogP contribution in [0, 0.1) is 0 Å². The summed E-state index contributed by atoms with van der Waals surface area (Å²) in [6.45, 7) is 1.77. The van der Waals surface area contributed by atoms with Gasteiger partial charge < -0.3 is 89.9 Å². The van der Waals surface area contributed by atoms with Crippen LogP contribution in [0.15, 0.2) is 12.2 Å². The minimum absolute atomic E-state index is 0.250. The second-order valence-electron chi connectivity index (χ2n) is 25.4. The molecule has 17 unspecified atom stereocenters. The van der Waals surface area contributed by atoms with Gasteiger partial charge in [0.15, 0.2) is 18.9 Å². The average molecular weight is 1230 g/mol. The van der Waals surface area contributed by atoms with Crippen molar-refractivity contribution in [2.24, 2.45) is 0 Å². The Hall–Kier alpha value is -1.47. The maximum absolute atomic E-state index is 13.4. The minimum Gasteiger partial charge on any atom is -0.394 e. The van der Waals surface area contributed by atoms with Gasteiger partial charge in [-0.1, -0.05) is 264 Å². The topological polar surface area (TPSA) is 307 Å². The molecule has 0 radical (unpaired) electrons. The SMILES string of the molecule is CCCCCCCCCCCCCCCCCCCCCCC/C=C/C(O)C(COC1OC(CO)C(OC2OC(CO)C(OC3OC(CO)C(O)C(O)C3O)C(O)C2O)C(O)C1O)NC(=O)CCCCCCCCCCCCCCCCCCCC. The molecule has 0 saturated carbocycles. The summed E-state index contributed by atoms with van der Waals surface area (Å²) >= 11 is 0. The highest BCUT2D eigenvalue weighted by Gasteiger charge is 2.53. The molecule has 17 atom stereocenters. The molecule has 0 bridgehead atoms. The molecule has 86 heavy (non-hydrogen) atoms. The van der Waals surface area contributed by atoms with Gasteiger partial charge in [0.2, 0.25) is 5.91 Å². The lowest BCUT2D eigenvalue weighted by atomic mass is 9.96.